The Balaban J connectivity index is 1.54. The van der Waals surface area contributed by atoms with Gasteiger partial charge in [0.05, 0.1) is 6.42 Å². The number of carboxylic acids is 2. The number of carboxylic acid groups (broad SMARTS) is 2. The van der Waals surface area contributed by atoms with E-state index in [9.17, 15) is 48.6 Å². The largest absolute Gasteiger partial charge is 0.481 e. The van der Waals surface area contributed by atoms with Crippen LogP contribution in [0.25, 0.3) is 10.9 Å². The number of nitrogens with one attached hydrogen (secondary N) is 7. The van der Waals surface area contributed by atoms with Gasteiger partial charge in [-0.15, -0.1) is 0 Å². The third-order valence-corrected chi connectivity index (χ3v) is 11.2. The highest BCUT2D eigenvalue weighted by Gasteiger charge is 2.37. The van der Waals surface area contributed by atoms with Crippen molar-refractivity contribution < 1.29 is 48.6 Å². The molecule has 342 valence electrons. The van der Waals surface area contributed by atoms with E-state index >= 15 is 0 Å². The first-order chi connectivity index (χ1) is 30.5. The molecule has 0 aliphatic heterocycles. The summed E-state index contributed by atoms with van der Waals surface area (Å²) < 4.78 is 0. The molecule has 0 unspecified atom stereocenters. The molecule has 1 heterocycles. The summed E-state index contributed by atoms with van der Waals surface area (Å²) >= 11 is 0. The summed E-state index contributed by atoms with van der Waals surface area (Å²) in [5.74, 6) is -8.44. The molecule has 3 aromatic carbocycles. The van der Waals surface area contributed by atoms with E-state index in [-0.39, 0.29) is 19.3 Å². The van der Waals surface area contributed by atoms with Gasteiger partial charge in [0.2, 0.25) is 35.4 Å². The summed E-state index contributed by atoms with van der Waals surface area (Å²) in [6.07, 6.45) is 1.52. The van der Waals surface area contributed by atoms with E-state index in [0.717, 1.165) is 16.5 Å². The molecule has 1 aromatic heterocycles. The fraction of sp³-hybridized carbons (Fsp3) is 0.404. The average Bonchev–Trinajstić information content (AvgIpc) is 3.68. The lowest BCUT2D eigenvalue weighted by atomic mass is 9.94. The lowest BCUT2D eigenvalue weighted by molar-refractivity contribution is -0.142. The minimum atomic E-state index is -1.73. The Morgan fingerprint density at radius 2 is 0.969 bits per heavy atom. The minimum Gasteiger partial charge on any atom is -0.481 e. The van der Waals surface area contributed by atoms with Crippen LogP contribution in [0.2, 0.25) is 0 Å². The molecule has 0 bridgehead atoms. The molecule has 4 rings (SSSR count). The lowest BCUT2D eigenvalue weighted by Crippen LogP contribution is -2.61. The number of hydrogen-bond donors (Lipinski definition) is 9. The van der Waals surface area contributed by atoms with Crippen LogP contribution < -0.4 is 31.9 Å². The zero-order chi connectivity index (χ0) is 46.9. The van der Waals surface area contributed by atoms with E-state index in [1.54, 1.807) is 94.6 Å². The van der Waals surface area contributed by atoms with Gasteiger partial charge in [0, 0.05) is 43.3 Å². The highest BCUT2D eigenvalue weighted by Crippen LogP contribution is 2.20. The minimum absolute atomic E-state index is 0.0477. The number of amides is 6. The molecule has 17 heteroatoms. The Morgan fingerprint density at radius 3 is 1.47 bits per heavy atom. The van der Waals surface area contributed by atoms with Crippen molar-refractivity contribution in [2.45, 2.75) is 109 Å². The second-order valence-corrected chi connectivity index (χ2v) is 16.1. The maximum absolute atomic E-state index is 14.1. The van der Waals surface area contributed by atoms with Gasteiger partial charge in [-0.2, -0.15) is 0 Å². The number of rotatable bonds is 24. The van der Waals surface area contributed by atoms with Crippen LogP contribution in [0.4, 0.5) is 0 Å². The molecule has 0 saturated carbocycles. The molecule has 9 N–H and O–H groups in total. The van der Waals surface area contributed by atoms with Crippen molar-refractivity contribution in [1.82, 2.24) is 36.9 Å². The van der Waals surface area contributed by atoms with E-state index in [1.165, 1.54) is 6.92 Å². The van der Waals surface area contributed by atoms with E-state index in [1.807, 2.05) is 24.3 Å². The number of aromatic amines is 1. The SMILES string of the molecule is CC[C@@H](C)[C@H](NC(=O)[C@H](CC(=O)O)NC(=O)[C@@H](Cc1ccccc1)NC(=O)[C@@H](Cc1ccccc1)NC(C)=O)C(=O)N[C@H](C(=O)N[C@@H](Cc1c[nH]c2ccccc12)C(=O)O)[C@H](C)CC. The van der Waals surface area contributed by atoms with Crippen LogP contribution >= 0.6 is 0 Å². The van der Waals surface area contributed by atoms with Gasteiger partial charge in [0.15, 0.2) is 0 Å². The first-order valence-electron chi connectivity index (χ1n) is 21.4. The lowest BCUT2D eigenvalue weighted by Gasteiger charge is -2.30. The molecular weight excluding hydrogens is 823 g/mol. The van der Waals surface area contributed by atoms with Gasteiger partial charge in [-0.3, -0.25) is 33.6 Å². The molecule has 17 nitrogen and oxygen atoms in total. The van der Waals surface area contributed by atoms with Gasteiger partial charge in [-0.25, -0.2) is 4.79 Å². The smallest absolute Gasteiger partial charge is 0.326 e. The second kappa shape index (κ2) is 24.0. The molecule has 0 saturated heterocycles. The molecule has 0 aliphatic rings. The number of aromatic nitrogens is 1. The maximum atomic E-state index is 14.1. The summed E-state index contributed by atoms with van der Waals surface area (Å²) in [6.45, 7) is 8.18. The summed E-state index contributed by atoms with van der Waals surface area (Å²) in [7, 11) is 0. The topological polar surface area (TPSA) is 265 Å². The zero-order valence-electron chi connectivity index (χ0n) is 36.7. The van der Waals surface area contributed by atoms with Gasteiger partial charge in [-0.05, 0) is 34.6 Å². The van der Waals surface area contributed by atoms with Crippen LogP contribution in [0.5, 0.6) is 0 Å². The monoisotopic (exact) mass is 881 g/mol. The predicted molar refractivity (Wildman–Crippen MR) is 238 cm³/mol. The van der Waals surface area contributed by atoms with Crippen LogP contribution in [0.3, 0.4) is 0 Å². The van der Waals surface area contributed by atoms with Crippen LogP contribution in [-0.4, -0.2) is 98.8 Å². The van der Waals surface area contributed by atoms with Crippen molar-refractivity contribution in [3.8, 4) is 0 Å². The number of H-pyrrole nitrogens is 1. The fourth-order valence-electron chi connectivity index (χ4n) is 7.17. The van der Waals surface area contributed by atoms with Crippen LogP contribution in [0.15, 0.2) is 91.1 Å². The molecule has 0 aliphatic carbocycles. The van der Waals surface area contributed by atoms with Gasteiger partial charge < -0.3 is 47.1 Å². The molecule has 6 amide bonds. The molecule has 0 spiro atoms. The Labute approximate surface area is 371 Å². The number of hydrogen-bond acceptors (Lipinski definition) is 8. The Hall–Kier alpha value is -7.04. The van der Waals surface area contributed by atoms with E-state index in [2.05, 4.69) is 36.9 Å². The average molecular weight is 882 g/mol. The first-order valence-corrected chi connectivity index (χ1v) is 21.4. The highest BCUT2D eigenvalue weighted by molar-refractivity contribution is 5.98. The van der Waals surface area contributed by atoms with Crippen molar-refractivity contribution in [1.29, 1.82) is 0 Å². The normalized spacial score (nSPS) is 14.8. The van der Waals surface area contributed by atoms with Crippen LogP contribution in [0, 0.1) is 11.8 Å². The van der Waals surface area contributed by atoms with Gasteiger partial charge >= 0.3 is 11.9 Å². The first kappa shape index (κ1) is 49.6. The molecule has 0 radical (unpaired) electrons. The van der Waals surface area contributed by atoms with Crippen molar-refractivity contribution in [2.75, 3.05) is 0 Å². The van der Waals surface area contributed by atoms with Gasteiger partial charge in [0.25, 0.3) is 0 Å². The van der Waals surface area contributed by atoms with Crippen molar-refractivity contribution in [3.05, 3.63) is 108 Å². The maximum Gasteiger partial charge on any atom is 0.326 e. The summed E-state index contributed by atoms with van der Waals surface area (Å²) in [5, 5.41) is 36.4. The van der Waals surface area contributed by atoms with Crippen molar-refractivity contribution >= 4 is 58.3 Å². The molecule has 0 fully saturated rings. The van der Waals surface area contributed by atoms with Gasteiger partial charge in [0.1, 0.15) is 36.3 Å². The number of fused-ring (bicyclic) bond motifs is 1. The Kier molecular flexibility index (Phi) is 18.6. The fourth-order valence-corrected chi connectivity index (χ4v) is 7.17. The van der Waals surface area contributed by atoms with E-state index in [4.69, 9.17) is 0 Å². The van der Waals surface area contributed by atoms with Crippen molar-refractivity contribution in [2.24, 2.45) is 11.8 Å². The summed E-state index contributed by atoms with van der Waals surface area (Å²) in [5.41, 5.74) is 2.83. The quantitative estimate of drug-likeness (QED) is 0.0497. The predicted octanol–water partition coefficient (Wildman–Crippen LogP) is 2.78. The Bertz CT molecular complexity index is 2250. The van der Waals surface area contributed by atoms with Crippen molar-refractivity contribution in [3.63, 3.8) is 0 Å². The number of carbonyl (C=O) groups excluding carboxylic acids is 6. The Morgan fingerprint density at radius 1 is 0.531 bits per heavy atom. The number of carbonyl (C=O) groups is 8. The number of aliphatic carboxylic acids is 2. The molecule has 64 heavy (non-hydrogen) atoms. The highest BCUT2D eigenvalue weighted by atomic mass is 16.4. The zero-order valence-corrected chi connectivity index (χ0v) is 36.7. The molecular formula is C47H59N7O10. The standard InChI is InChI=1S/C47H59N7O10/c1-6-27(3)40(45(61)52-38(47(63)64)24-32-26-48-34-21-15-14-20-33(32)34)54-46(62)41(28(4)7-2)53-44(60)37(25-39(56)57)51-43(59)36(23-31-18-12-9-13-19-31)50-42(58)35(49-29(5)55)22-30-16-10-8-11-17-30/h8-21,26-28,35-38,40-41,48H,6-7,22-25H2,1-5H3,(H,49,55)(H,50,58)(H,51,59)(H,52,61)(H,53,60)(H,54,62)(H,56,57)(H,63,64)/t27-,28-,35-,36-,37+,38+,40+,41+/m1/s1. The molecule has 8 atom stereocenters. The van der Waals surface area contributed by atoms with Crippen LogP contribution in [-0.2, 0) is 57.6 Å². The van der Waals surface area contributed by atoms with Gasteiger partial charge in [-0.1, -0.05) is 119 Å². The summed E-state index contributed by atoms with van der Waals surface area (Å²) in [6, 6.07) is 16.8. The third-order valence-electron chi connectivity index (χ3n) is 11.2. The summed E-state index contributed by atoms with van der Waals surface area (Å²) in [4.78, 5) is 110. The second-order valence-electron chi connectivity index (χ2n) is 16.1. The van der Waals surface area contributed by atoms with E-state index < -0.39 is 102 Å². The van der Waals surface area contributed by atoms with Crippen LogP contribution in [0.1, 0.15) is 70.6 Å². The third kappa shape index (κ3) is 14.5. The number of benzene rings is 3. The molecule has 4 aromatic rings. The van der Waals surface area contributed by atoms with E-state index in [0.29, 0.717) is 24.0 Å². The number of para-hydroxylation sites is 1.